The highest BCUT2D eigenvalue weighted by molar-refractivity contribution is 6.37. The predicted octanol–water partition coefficient (Wildman–Crippen LogP) is 7.11. The molecule has 148 valence electrons. The number of rotatable bonds is 4. The molecule has 4 nitrogen and oxygen atoms in total. The van der Waals surface area contributed by atoms with Crippen LogP contribution < -0.4 is 4.74 Å². The standard InChI is InChI=1S/C23H14Cl3N3O/c24-15-10-8-14(9-11-15)13-30-23-17-12-27-20-7-2-1-4-16(20)21(17)28-29(23)22-18(25)5-3-6-19(22)26/h1-12H,13H2. The topological polar surface area (TPSA) is 39.9 Å². The minimum Gasteiger partial charge on any atom is -0.472 e. The first kappa shape index (κ1) is 19.2. The van der Waals surface area contributed by atoms with Gasteiger partial charge in [0, 0.05) is 16.6 Å². The Morgan fingerprint density at radius 1 is 0.800 bits per heavy atom. The summed E-state index contributed by atoms with van der Waals surface area (Å²) < 4.78 is 7.88. The van der Waals surface area contributed by atoms with E-state index in [1.54, 1.807) is 29.1 Å². The van der Waals surface area contributed by atoms with E-state index < -0.39 is 0 Å². The van der Waals surface area contributed by atoms with Crippen molar-refractivity contribution in [3.05, 3.63) is 93.6 Å². The van der Waals surface area contributed by atoms with Crippen LogP contribution in [-0.2, 0) is 6.61 Å². The normalized spacial score (nSPS) is 11.3. The first-order valence-electron chi connectivity index (χ1n) is 9.20. The third-order valence-electron chi connectivity index (χ3n) is 4.81. The second kappa shape index (κ2) is 7.80. The average molecular weight is 455 g/mol. The fraction of sp³-hybridized carbons (Fsp3) is 0.0435. The Labute approximate surface area is 187 Å². The number of hydrogen-bond acceptors (Lipinski definition) is 3. The van der Waals surface area contributed by atoms with Gasteiger partial charge in [-0.3, -0.25) is 4.98 Å². The Balaban J connectivity index is 1.71. The van der Waals surface area contributed by atoms with E-state index in [4.69, 9.17) is 44.6 Å². The van der Waals surface area contributed by atoms with E-state index in [2.05, 4.69) is 4.98 Å². The van der Waals surface area contributed by atoms with Gasteiger partial charge in [-0.05, 0) is 35.9 Å². The van der Waals surface area contributed by atoms with Crippen LogP contribution in [0.5, 0.6) is 5.88 Å². The van der Waals surface area contributed by atoms with Gasteiger partial charge in [-0.25, -0.2) is 0 Å². The van der Waals surface area contributed by atoms with Crippen molar-refractivity contribution >= 4 is 56.6 Å². The van der Waals surface area contributed by atoms with Gasteiger partial charge in [-0.15, -0.1) is 0 Å². The largest absolute Gasteiger partial charge is 0.472 e. The van der Waals surface area contributed by atoms with Crippen LogP contribution in [0.4, 0.5) is 0 Å². The summed E-state index contributed by atoms with van der Waals surface area (Å²) >= 11 is 19.0. The van der Waals surface area contributed by atoms with Gasteiger partial charge in [-0.2, -0.15) is 9.78 Å². The number of para-hydroxylation sites is 2. The molecular formula is C23H14Cl3N3O. The van der Waals surface area contributed by atoms with Crippen LogP contribution in [0.15, 0.2) is 72.9 Å². The van der Waals surface area contributed by atoms with Crippen molar-refractivity contribution in [1.29, 1.82) is 0 Å². The van der Waals surface area contributed by atoms with Crippen LogP contribution >= 0.6 is 34.8 Å². The van der Waals surface area contributed by atoms with Crippen LogP contribution in [0.25, 0.3) is 27.5 Å². The van der Waals surface area contributed by atoms with Gasteiger partial charge in [0.25, 0.3) is 0 Å². The number of halogens is 3. The van der Waals surface area contributed by atoms with Crippen LogP contribution in [0.1, 0.15) is 5.56 Å². The third kappa shape index (κ3) is 3.37. The number of pyridine rings is 1. The van der Waals surface area contributed by atoms with Crippen molar-refractivity contribution in [3.8, 4) is 11.6 Å². The highest BCUT2D eigenvalue weighted by Gasteiger charge is 2.20. The smallest absolute Gasteiger partial charge is 0.226 e. The highest BCUT2D eigenvalue weighted by Crippen LogP contribution is 2.37. The van der Waals surface area contributed by atoms with Crippen molar-refractivity contribution in [2.24, 2.45) is 0 Å². The zero-order valence-electron chi connectivity index (χ0n) is 15.5. The minimum absolute atomic E-state index is 0.326. The highest BCUT2D eigenvalue weighted by atomic mass is 35.5. The van der Waals surface area contributed by atoms with E-state index in [0.29, 0.717) is 33.2 Å². The third-order valence-corrected chi connectivity index (χ3v) is 5.67. The summed E-state index contributed by atoms with van der Waals surface area (Å²) in [5.41, 5.74) is 3.15. The number of nitrogens with zero attached hydrogens (tertiary/aromatic N) is 3. The van der Waals surface area contributed by atoms with Crippen LogP contribution in [-0.4, -0.2) is 14.8 Å². The van der Waals surface area contributed by atoms with E-state index in [9.17, 15) is 0 Å². The Kier molecular flexibility index (Phi) is 4.99. The van der Waals surface area contributed by atoms with Gasteiger partial charge in [-0.1, -0.05) is 71.2 Å². The second-order valence-corrected chi connectivity index (χ2v) is 7.99. The summed E-state index contributed by atoms with van der Waals surface area (Å²) in [6, 6.07) is 20.7. The number of ether oxygens (including phenoxy) is 1. The molecule has 0 aliphatic heterocycles. The summed E-state index contributed by atoms with van der Waals surface area (Å²) in [5, 5.41) is 8.15. The van der Waals surface area contributed by atoms with Crippen molar-refractivity contribution in [3.63, 3.8) is 0 Å². The molecule has 0 spiro atoms. The molecule has 0 N–H and O–H groups in total. The van der Waals surface area contributed by atoms with Crippen molar-refractivity contribution in [1.82, 2.24) is 14.8 Å². The lowest BCUT2D eigenvalue weighted by molar-refractivity contribution is 0.288. The summed E-state index contributed by atoms with van der Waals surface area (Å²) in [6.07, 6.45) is 1.77. The van der Waals surface area contributed by atoms with Gasteiger partial charge in [0.1, 0.15) is 17.8 Å². The van der Waals surface area contributed by atoms with E-state index in [1.165, 1.54) is 0 Å². The van der Waals surface area contributed by atoms with Gasteiger partial charge < -0.3 is 4.74 Å². The molecule has 0 aliphatic rings. The van der Waals surface area contributed by atoms with Crippen LogP contribution in [0, 0.1) is 0 Å². The SMILES string of the molecule is Clc1ccc(COc2c3cnc4ccccc4c3nn2-c2c(Cl)cccc2Cl)cc1. The first-order chi connectivity index (χ1) is 14.6. The zero-order valence-corrected chi connectivity index (χ0v) is 17.8. The lowest BCUT2D eigenvalue weighted by Gasteiger charge is -2.12. The maximum Gasteiger partial charge on any atom is 0.226 e. The number of fused-ring (bicyclic) bond motifs is 3. The molecule has 5 rings (SSSR count). The molecule has 2 aromatic heterocycles. The summed E-state index contributed by atoms with van der Waals surface area (Å²) in [4.78, 5) is 4.57. The molecule has 7 heteroatoms. The van der Waals surface area contributed by atoms with E-state index >= 15 is 0 Å². The van der Waals surface area contributed by atoms with E-state index in [1.807, 2.05) is 48.5 Å². The molecule has 5 aromatic rings. The lowest BCUT2D eigenvalue weighted by atomic mass is 10.2. The molecule has 0 atom stereocenters. The van der Waals surface area contributed by atoms with Gasteiger partial charge >= 0.3 is 0 Å². The predicted molar refractivity (Wildman–Crippen MR) is 122 cm³/mol. The van der Waals surface area contributed by atoms with Gasteiger partial charge in [0.15, 0.2) is 0 Å². The number of hydrogen-bond donors (Lipinski definition) is 0. The zero-order chi connectivity index (χ0) is 20.7. The van der Waals surface area contributed by atoms with E-state index in [-0.39, 0.29) is 0 Å². The van der Waals surface area contributed by atoms with Crippen molar-refractivity contribution in [2.45, 2.75) is 6.61 Å². The Bertz CT molecular complexity index is 1360. The molecule has 2 heterocycles. The summed E-state index contributed by atoms with van der Waals surface area (Å²) in [6.45, 7) is 0.326. The Morgan fingerprint density at radius 3 is 2.30 bits per heavy atom. The van der Waals surface area contributed by atoms with Gasteiger partial charge in [0.2, 0.25) is 5.88 Å². The molecule has 0 fully saturated rings. The minimum atomic E-state index is 0.326. The monoisotopic (exact) mass is 453 g/mol. The lowest BCUT2D eigenvalue weighted by Crippen LogP contribution is -2.04. The van der Waals surface area contributed by atoms with Crippen molar-refractivity contribution < 1.29 is 4.74 Å². The van der Waals surface area contributed by atoms with Crippen molar-refractivity contribution in [2.75, 3.05) is 0 Å². The number of aromatic nitrogens is 3. The number of benzene rings is 3. The first-order valence-corrected chi connectivity index (χ1v) is 10.3. The molecule has 0 bridgehead atoms. The Morgan fingerprint density at radius 2 is 1.53 bits per heavy atom. The summed E-state index contributed by atoms with van der Waals surface area (Å²) in [7, 11) is 0. The summed E-state index contributed by atoms with van der Waals surface area (Å²) in [5.74, 6) is 0.521. The van der Waals surface area contributed by atoms with Gasteiger partial charge in [0.05, 0.1) is 20.9 Å². The maximum absolute atomic E-state index is 6.49. The Hall–Kier alpha value is -2.79. The molecule has 3 aromatic carbocycles. The molecule has 0 amide bonds. The second-order valence-electron chi connectivity index (χ2n) is 6.74. The molecule has 0 saturated heterocycles. The maximum atomic E-state index is 6.49. The molecule has 0 radical (unpaired) electrons. The molecule has 0 saturated carbocycles. The molecular weight excluding hydrogens is 441 g/mol. The fourth-order valence-electron chi connectivity index (χ4n) is 3.36. The molecule has 0 aliphatic carbocycles. The van der Waals surface area contributed by atoms with Crippen LogP contribution in [0.2, 0.25) is 15.1 Å². The fourth-order valence-corrected chi connectivity index (χ4v) is 4.05. The van der Waals surface area contributed by atoms with E-state index in [0.717, 1.165) is 27.4 Å². The quantitative estimate of drug-likeness (QED) is 0.290. The van der Waals surface area contributed by atoms with Crippen LogP contribution in [0.3, 0.4) is 0 Å². The molecule has 30 heavy (non-hydrogen) atoms. The average Bonchev–Trinajstić information content (AvgIpc) is 3.12. The molecule has 0 unspecified atom stereocenters.